The fraction of sp³-hybridized carbons (Fsp3) is 0.533. The van der Waals surface area contributed by atoms with Crippen LogP contribution in [-0.4, -0.2) is 32.3 Å². The van der Waals surface area contributed by atoms with Gasteiger partial charge in [-0.2, -0.15) is 0 Å². The Balaban J connectivity index is 1.89. The predicted molar refractivity (Wildman–Crippen MR) is 82.5 cm³/mol. The Kier molecular flexibility index (Phi) is 5.27. The molecule has 1 saturated carbocycles. The van der Waals surface area contributed by atoms with Gasteiger partial charge < -0.3 is 4.74 Å². The van der Waals surface area contributed by atoms with Gasteiger partial charge in [-0.3, -0.25) is 4.79 Å². The van der Waals surface area contributed by atoms with Gasteiger partial charge in [0.25, 0.3) is 0 Å². The van der Waals surface area contributed by atoms with Crippen molar-refractivity contribution in [2.24, 2.45) is 5.92 Å². The maximum absolute atomic E-state index is 12.2. The monoisotopic (exact) mass is 330 g/mol. The zero-order valence-electron chi connectivity index (χ0n) is 11.9. The van der Waals surface area contributed by atoms with Crippen molar-refractivity contribution in [3.05, 3.63) is 29.3 Å². The van der Waals surface area contributed by atoms with Crippen LogP contribution in [0.15, 0.2) is 24.3 Å². The molecule has 0 aromatic heterocycles. The highest BCUT2D eigenvalue weighted by Crippen LogP contribution is 2.29. The Morgan fingerprint density at radius 3 is 2.57 bits per heavy atom. The van der Waals surface area contributed by atoms with Crippen LogP contribution >= 0.6 is 11.6 Å². The van der Waals surface area contributed by atoms with Crippen LogP contribution in [0.4, 0.5) is 0 Å². The molecule has 2 unspecified atom stereocenters. The number of hydrogen-bond acceptors (Lipinski definition) is 4. The van der Waals surface area contributed by atoms with E-state index in [1.54, 1.807) is 24.3 Å². The highest BCUT2D eigenvalue weighted by molar-refractivity contribution is 7.91. The van der Waals surface area contributed by atoms with E-state index < -0.39 is 15.1 Å². The molecule has 1 aromatic rings. The van der Waals surface area contributed by atoms with Gasteiger partial charge in [0.05, 0.1) is 5.25 Å². The second kappa shape index (κ2) is 6.79. The van der Waals surface area contributed by atoms with Crippen molar-refractivity contribution in [1.29, 1.82) is 0 Å². The number of carbonyl (C=O) groups is 1. The number of sulfone groups is 1. The van der Waals surface area contributed by atoms with Crippen molar-refractivity contribution in [2.45, 2.75) is 30.9 Å². The number of Topliss-reactive ketones (excluding diaryl/α,β-unsaturated/α-hetero) is 1. The number of halogens is 1. The van der Waals surface area contributed by atoms with Gasteiger partial charge >= 0.3 is 0 Å². The van der Waals surface area contributed by atoms with E-state index in [0.717, 1.165) is 12.8 Å². The minimum Gasteiger partial charge on any atom is -0.486 e. The number of benzene rings is 1. The summed E-state index contributed by atoms with van der Waals surface area (Å²) < 4.78 is 28.7. The molecule has 2 rings (SSSR count). The quantitative estimate of drug-likeness (QED) is 0.833. The Hall–Kier alpha value is -1.07. The van der Waals surface area contributed by atoms with Gasteiger partial charge in [0.2, 0.25) is 0 Å². The van der Waals surface area contributed by atoms with Crippen LogP contribution in [0.2, 0.25) is 5.02 Å². The van der Waals surface area contributed by atoms with Crippen LogP contribution < -0.4 is 4.74 Å². The molecule has 2 atom stereocenters. The third-order valence-electron chi connectivity index (χ3n) is 3.88. The number of ketones is 1. The summed E-state index contributed by atoms with van der Waals surface area (Å²) in [7, 11) is -3.07. The molecule has 0 N–H and O–H groups in total. The van der Waals surface area contributed by atoms with Gasteiger partial charge in [0.1, 0.15) is 22.2 Å². The van der Waals surface area contributed by atoms with E-state index in [9.17, 15) is 13.2 Å². The lowest BCUT2D eigenvalue weighted by Gasteiger charge is -2.26. The number of hydrogen-bond donors (Lipinski definition) is 0. The fourth-order valence-electron chi connectivity index (χ4n) is 2.63. The molecule has 0 heterocycles. The molecule has 1 aliphatic rings. The van der Waals surface area contributed by atoms with Gasteiger partial charge in [-0.15, -0.1) is 0 Å². The first-order valence-electron chi connectivity index (χ1n) is 6.96. The molecule has 0 saturated heterocycles. The third kappa shape index (κ3) is 4.71. The predicted octanol–water partition coefficient (Wildman–Crippen LogP) is 2.89. The van der Waals surface area contributed by atoms with Crippen molar-refractivity contribution in [1.82, 2.24) is 0 Å². The van der Waals surface area contributed by atoms with Gasteiger partial charge in [-0.05, 0) is 43.5 Å². The summed E-state index contributed by atoms with van der Waals surface area (Å²) in [6.07, 6.45) is 3.83. The average molecular weight is 331 g/mol. The van der Waals surface area contributed by atoms with E-state index in [0.29, 0.717) is 23.6 Å². The maximum Gasteiger partial charge on any atom is 0.173 e. The van der Waals surface area contributed by atoms with Crippen LogP contribution in [0.25, 0.3) is 0 Å². The Morgan fingerprint density at radius 2 is 1.95 bits per heavy atom. The topological polar surface area (TPSA) is 60.4 Å². The fourth-order valence-corrected chi connectivity index (χ4v) is 3.93. The summed E-state index contributed by atoms with van der Waals surface area (Å²) in [5.41, 5.74) is 0. The van der Waals surface area contributed by atoms with Crippen LogP contribution in [0.1, 0.15) is 25.7 Å². The average Bonchev–Trinajstić information content (AvgIpc) is 2.45. The highest BCUT2D eigenvalue weighted by atomic mass is 35.5. The van der Waals surface area contributed by atoms with E-state index in [2.05, 4.69) is 0 Å². The molecular weight excluding hydrogens is 312 g/mol. The number of rotatable bonds is 5. The lowest BCUT2D eigenvalue weighted by atomic mass is 9.86. The molecule has 116 valence electrons. The molecule has 1 fully saturated rings. The first-order chi connectivity index (χ1) is 9.86. The van der Waals surface area contributed by atoms with E-state index in [4.69, 9.17) is 16.3 Å². The lowest BCUT2D eigenvalue weighted by molar-refractivity contribution is -0.125. The van der Waals surface area contributed by atoms with E-state index >= 15 is 0 Å². The minimum atomic E-state index is -3.07. The molecule has 0 amide bonds. The van der Waals surface area contributed by atoms with Crippen molar-refractivity contribution >= 4 is 27.2 Å². The van der Waals surface area contributed by atoms with Crippen LogP contribution in [0.3, 0.4) is 0 Å². The van der Waals surface area contributed by atoms with Gasteiger partial charge in [-0.1, -0.05) is 18.0 Å². The molecule has 0 radical (unpaired) electrons. The van der Waals surface area contributed by atoms with Crippen LogP contribution in [-0.2, 0) is 14.6 Å². The maximum atomic E-state index is 12.2. The second-order valence-corrected chi connectivity index (χ2v) is 8.29. The van der Waals surface area contributed by atoms with Crippen LogP contribution in [0, 0.1) is 5.92 Å². The lowest BCUT2D eigenvalue weighted by Crippen LogP contribution is -2.33. The summed E-state index contributed by atoms with van der Waals surface area (Å²) in [5, 5.41) is 0.215. The summed E-state index contributed by atoms with van der Waals surface area (Å²) in [6.45, 7) is -0.0250. The first kappa shape index (κ1) is 16.3. The minimum absolute atomic E-state index is 0.0250. The van der Waals surface area contributed by atoms with E-state index in [1.807, 2.05) is 0 Å². The summed E-state index contributed by atoms with van der Waals surface area (Å²) in [6, 6.07) is 6.80. The van der Waals surface area contributed by atoms with Crippen molar-refractivity contribution in [3.8, 4) is 5.75 Å². The SMILES string of the molecule is CS(=O)(=O)C1CCCC(C(=O)COc2ccc(Cl)cc2)C1. The molecule has 0 spiro atoms. The molecule has 6 heteroatoms. The normalized spacial score (nSPS) is 22.8. The third-order valence-corrected chi connectivity index (χ3v) is 5.77. The van der Waals surface area contributed by atoms with Crippen LogP contribution in [0.5, 0.6) is 5.75 Å². The summed E-state index contributed by atoms with van der Waals surface area (Å²) >= 11 is 5.78. The van der Waals surface area contributed by atoms with Gasteiger partial charge in [-0.25, -0.2) is 8.42 Å². The molecule has 1 aliphatic carbocycles. The van der Waals surface area contributed by atoms with E-state index in [1.165, 1.54) is 6.26 Å². The number of ether oxygens (including phenoxy) is 1. The Bertz CT molecular complexity index is 595. The molecule has 1 aromatic carbocycles. The molecule has 4 nitrogen and oxygen atoms in total. The van der Waals surface area contributed by atoms with E-state index in [-0.39, 0.29) is 18.3 Å². The number of carbonyl (C=O) groups excluding carboxylic acids is 1. The Labute approximate surface area is 130 Å². The standard InChI is InChI=1S/C15H19ClO4S/c1-21(18,19)14-4-2-3-11(9-14)15(17)10-20-13-7-5-12(16)6-8-13/h5-8,11,14H,2-4,9-10H2,1H3. The van der Waals surface area contributed by atoms with Crippen molar-refractivity contribution in [2.75, 3.05) is 12.9 Å². The summed E-state index contributed by atoms with van der Waals surface area (Å²) in [5.74, 6) is 0.340. The first-order valence-corrected chi connectivity index (χ1v) is 9.29. The van der Waals surface area contributed by atoms with Crippen molar-refractivity contribution < 1.29 is 17.9 Å². The van der Waals surface area contributed by atoms with Crippen molar-refractivity contribution in [3.63, 3.8) is 0 Å². The molecular formula is C15H19ClO4S. The molecule has 0 aliphatic heterocycles. The molecule has 21 heavy (non-hydrogen) atoms. The zero-order valence-corrected chi connectivity index (χ0v) is 13.5. The second-order valence-electron chi connectivity index (χ2n) is 5.52. The molecule has 0 bridgehead atoms. The summed E-state index contributed by atoms with van der Waals surface area (Å²) in [4.78, 5) is 12.2. The highest BCUT2D eigenvalue weighted by Gasteiger charge is 2.32. The zero-order chi connectivity index (χ0) is 15.5. The smallest absolute Gasteiger partial charge is 0.173 e. The Morgan fingerprint density at radius 1 is 1.29 bits per heavy atom. The van der Waals surface area contributed by atoms with Gasteiger partial charge in [0.15, 0.2) is 5.78 Å². The largest absolute Gasteiger partial charge is 0.486 e. The van der Waals surface area contributed by atoms with Gasteiger partial charge in [0, 0.05) is 17.2 Å².